The Morgan fingerprint density at radius 3 is 2.46 bits per heavy atom. The molecular weight excluding hydrogens is 450 g/mol. The van der Waals surface area contributed by atoms with E-state index >= 15 is 0 Å². The summed E-state index contributed by atoms with van der Waals surface area (Å²) in [5.74, 6) is -0.994. The van der Waals surface area contributed by atoms with E-state index in [1.165, 1.54) is 0 Å². The molecule has 0 aliphatic heterocycles. The van der Waals surface area contributed by atoms with Crippen LogP contribution in [0.25, 0.3) is 0 Å². The van der Waals surface area contributed by atoms with Crippen molar-refractivity contribution in [2.45, 2.75) is 19.8 Å². The van der Waals surface area contributed by atoms with Crippen molar-refractivity contribution in [3.8, 4) is 5.75 Å². The van der Waals surface area contributed by atoms with Crippen molar-refractivity contribution in [1.29, 1.82) is 0 Å². The number of amides is 3. The Bertz CT molecular complexity index is 876. The molecule has 9 heteroatoms. The maximum atomic E-state index is 12.3. The van der Waals surface area contributed by atoms with E-state index in [9.17, 15) is 14.4 Å². The molecule has 0 bridgehead atoms. The molecule has 2 rings (SSSR count). The van der Waals surface area contributed by atoms with E-state index in [0.717, 1.165) is 0 Å². The standard InChI is InChI=1S/C19H19BrClN3O4/c1-2-28-16-8-7-12(20)11-13(16)19(27)24-23-18(26)10-9-17(25)22-15-6-4-3-5-14(15)21/h3-8,11H,2,9-10H2,1H3,(H,22,25)(H,23,26)(H,24,27). The second kappa shape index (κ2) is 10.7. The van der Waals surface area contributed by atoms with Gasteiger partial charge in [0.05, 0.1) is 22.9 Å². The number of para-hydroxylation sites is 1. The summed E-state index contributed by atoms with van der Waals surface area (Å²) in [6, 6.07) is 11.8. The first-order valence-electron chi connectivity index (χ1n) is 8.46. The number of carbonyl (C=O) groups is 3. The SMILES string of the molecule is CCOc1ccc(Br)cc1C(=O)NNC(=O)CCC(=O)Nc1ccccc1Cl. The third-order valence-electron chi connectivity index (χ3n) is 3.53. The van der Waals surface area contributed by atoms with E-state index in [1.54, 1.807) is 49.4 Å². The van der Waals surface area contributed by atoms with Gasteiger partial charge in [-0.05, 0) is 37.3 Å². The summed E-state index contributed by atoms with van der Waals surface area (Å²) in [5.41, 5.74) is 5.34. The summed E-state index contributed by atoms with van der Waals surface area (Å²) < 4.78 is 6.10. The molecule has 2 aromatic carbocycles. The smallest absolute Gasteiger partial charge is 0.273 e. The molecule has 3 amide bonds. The minimum Gasteiger partial charge on any atom is -0.493 e. The number of rotatable bonds is 7. The monoisotopic (exact) mass is 467 g/mol. The van der Waals surface area contributed by atoms with Crippen LogP contribution < -0.4 is 20.9 Å². The van der Waals surface area contributed by atoms with Crippen molar-refractivity contribution < 1.29 is 19.1 Å². The van der Waals surface area contributed by atoms with Crippen LogP contribution in [0.1, 0.15) is 30.1 Å². The summed E-state index contributed by atoms with van der Waals surface area (Å²) in [6.45, 7) is 2.20. The number of halogens is 2. The Balaban J connectivity index is 1.82. The predicted octanol–water partition coefficient (Wildman–Crippen LogP) is 3.68. The minimum absolute atomic E-state index is 0.0615. The molecule has 0 saturated heterocycles. The van der Waals surface area contributed by atoms with Gasteiger partial charge < -0.3 is 10.1 Å². The van der Waals surface area contributed by atoms with E-state index < -0.39 is 11.8 Å². The highest BCUT2D eigenvalue weighted by Crippen LogP contribution is 2.23. The van der Waals surface area contributed by atoms with Crippen LogP contribution in [0.15, 0.2) is 46.9 Å². The number of hydrogen-bond donors (Lipinski definition) is 3. The lowest BCUT2D eigenvalue weighted by atomic mass is 10.2. The van der Waals surface area contributed by atoms with Crippen molar-refractivity contribution in [2.24, 2.45) is 0 Å². The zero-order chi connectivity index (χ0) is 20.5. The summed E-state index contributed by atoms with van der Waals surface area (Å²) in [5, 5.41) is 3.03. The lowest BCUT2D eigenvalue weighted by Gasteiger charge is -2.12. The van der Waals surface area contributed by atoms with E-state index in [0.29, 0.717) is 27.5 Å². The zero-order valence-corrected chi connectivity index (χ0v) is 17.4. The largest absolute Gasteiger partial charge is 0.493 e. The third-order valence-corrected chi connectivity index (χ3v) is 4.35. The minimum atomic E-state index is -0.529. The van der Waals surface area contributed by atoms with E-state index in [-0.39, 0.29) is 24.3 Å². The van der Waals surface area contributed by atoms with Gasteiger partial charge in [0, 0.05) is 17.3 Å². The average molecular weight is 469 g/mol. The summed E-state index contributed by atoms with van der Waals surface area (Å²) >= 11 is 9.26. The van der Waals surface area contributed by atoms with Crippen LogP contribution in [0.2, 0.25) is 5.02 Å². The molecule has 7 nitrogen and oxygen atoms in total. The molecule has 0 aromatic heterocycles. The summed E-state index contributed by atoms with van der Waals surface area (Å²) in [4.78, 5) is 36.1. The molecule has 0 heterocycles. The second-order valence-corrected chi connectivity index (χ2v) is 6.93. The van der Waals surface area contributed by atoms with Crippen LogP contribution in [0, 0.1) is 0 Å². The van der Waals surface area contributed by atoms with E-state index in [1.807, 2.05) is 0 Å². The van der Waals surface area contributed by atoms with Crippen LogP contribution in [-0.2, 0) is 9.59 Å². The maximum Gasteiger partial charge on any atom is 0.273 e. The number of hydrazine groups is 1. The highest BCUT2D eigenvalue weighted by atomic mass is 79.9. The molecule has 0 spiro atoms. The quantitative estimate of drug-likeness (QED) is 0.540. The zero-order valence-electron chi connectivity index (χ0n) is 15.1. The van der Waals surface area contributed by atoms with Crippen molar-refractivity contribution in [2.75, 3.05) is 11.9 Å². The fourth-order valence-electron chi connectivity index (χ4n) is 2.22. The second-order valence-electron chi connectivity index (χ2n) is 5.60. The van der Waals surface area contributed by atoms with Crippen molar-refractivity contribution in [3.63, 3.8) is 0 Å². The molecule has 0 radical (unpaired) electrons. The maximum absolute atomic E-state index is 12.3. The molecule has 0 aliphatic rings. The number of hydrogen-bond acceptors (Lipinski definition) is 4. The number of ether oxygens (including phenoxy) is 1. The molecule has 0 unspecified atom stereocenters. The van der Waals surface area contributed by atoms with E-state index in [4.69, 9.17) is 16.3 Å². The molecule has 0 atom stereocenters. The van der Waals surface area contributed by atoms with Gasteiger partial charge in [0.1, 0.15) is 5.75 Å². The molecule has 2 aromatic rings. The van der Waals surface area contributed by atoms with Gasteiger partial charge in [0.2, 0.25) is 11.8 Å². The van der Waals surface area contributed by atoms with Gasteiger partial charge in [-0.2, -0.15) is 0 Å². The predicted molar refractivity (Wildman–Crippen MR) is 110 cm³/mol. The topological polar surface area (TPSA) is 96.5 Å². The van der Waals surface area contributed by atoms with Gasteiger partial charge in [-0.3, -0.25) is 25.2 Å². The lowest BCUT2D eigenvalue weighted by Crippen LogP contribution is -2.42. The van der Waals surface area contributed by atoms with Gasteiger partial charge in [-0.15, -0.1) is 0 Å². The fraction of sp³-hybridized carbons (Fsp3) is 0.211. The first-order chi connectivity index (χ1) is 13.4. The van der Waals surface area contributed by atoms with Crippen LogP contribution in [0.5, 0.6) is 5.75 Å². The van der Waals surface area contributed by atoms with Crippen molar-refractivity contribution >= 4 is 50.9 Å². The van der Waals surface area contributed by atoms with Crippen LogP contribution in [0.3, 0.4) is 0 Å². The molecule has 0 aliphatic carbocycles. The molecule has 0 saturated carbocycles. The molecule has 28 heavy (non-hydrogen) atoms. The van der Waals surface area contributed by atoms with Gasteiger partial charge in [0.15, 0.2) is 0 Å². The Morgan fingerprint density at radius 2 is 1.75 bits per heavy atom. The summed E-state index contributed by atoms with van der Waals surface area (Å²) in [6.07, 6.45) is -0.165. The molecule has 148 valence electrons. The first kappa shape index (κ1) is 21.7. The number of carbonyl (C=O) groups excluding carboxylic acids is 3. The van der Waals surface area contributed by atoms with Crippen molar-refractivity contribution in [1.82, 2.24) is 10.9 Å². The average Bonchev–Trinajstić information content (AvgIpc) is 2.68. The van der Waals surface area contributed by atoms with Gasteiger partial charge in [-0.1, -0.05) is 39.7 Å². The number of benzene rings is 2. The van der Waals surface area contributed by atoms with Crippen molar-refractivity contribution in [3.05, 3.63) is 57.5 Å². The Hall–Kier alpha value is -2.58. The number of nitrogens with one attached hydrogen (secondary N) is 3. The van der Waals surface area contributed by atoms with Crippen LogP contribution >= 0.6 is 27.5 Å². The highest BCUT2D eigenvalue weighted by Gasteiger charge is 2.15. The Kier molecular flexibility index (Phi) is 8.28. The molecular formula is C19H19BrClN3O4. The number of anilines is 1. The Morgan fingerprint density at radius 1 is 1.04 bits per heavy atom. The normalized spacial score (nSPS) is 10.1. The van der Waals surface area contributed by atoms with Gasteiger partial charge >= 0.3 is 0 Å². The fourth-order valence-corrected chi connectivity index (χ4v) is 2.76. The summed E-state index contributed by atoms with van der Waals surface area (Å²) in [7, 11) is 0. The lowest BCUT2D eigenvalue weighted by molar-refractivity contribution is -0.124. The van der Waals surface area contributed by atoms with Crippen LogP contribution in [-0.4, -0.2) is 24.3 Å². The van der Waals surface area contributed by atoms with Gasteiger partial charge in [-0.25, -0.2) is 0 Å². The molecule has 0 fully saturated rings. The highest BCUT2D eigenvalue weighted by molar-refractivity contribution is 9.10. The Labute approximate surface area is 175 Å². The third kappa shape index (κ3) is 6.54. The first-order valence-corrected chi connectivity index (χ1v) is 9.63. The van der Waals surface area contributed by atoms with Gasteiger partial charge in [0.25, 0.3) is 5.91 Å². The van der Waals surface area contributed by atoms with Crippen LogP contribution in [0.4, 0.5) is 5.69 Å². The molecule has 3 N–H and O–H groups in total. The van der Waals surface area contributed by atoms with E-state index in [2.05, 4.69) is 32.1 Å².